The lowest BCUT2D eigenvalue weighted by Gasteiger charge is -2.25. The summed E-state index contributed by atoms with van der Waals surface area (Å²) in [7, 11) is 0. The van der Waals surface area contributed by atoms with Gasteiger partial charge in [-0.05, 0) is 42.8 Å². The number of amides is 1. The minimum absolute atomic E-state index is 0.424. The van der Waals surface area contributed by atoms with Crippen LogP contribution >= 0.6 is 11.6 Å². The minimum atomic E-state index is -0.487. The Hall–Kier alpha value is -2.20. The summed E-state index contributed by atoms with van der Waals surface area (Å²) in [4.78, 5) is 13.7. The molecule has 0 aromatic heterocycles. The van der Waals surface area contributed by atoms with Gasteiger partial charge in [-0.2, -0.15) is 0 Å². The second-order valence-electron chi connectivity index (χ2n) is 4.78. The number of nitrogens with two attached hydrogens (primary N) is 2. The molecule has 2 aromatic rings. The minimum Gasteiger partial charge on any atom is -0.399 e. The van der Waals surface area contributed by atoms with Gasteiger partial charge in [0.15, 0.2) is 0 Å². The van der Waals surface area contributed by atoms with Crippen molar-refractivity contribution < 1.29 is 4.79 Å². The van der Waals surface area contributed by atoms with Gasteiger partial charge >= 0.3 is 0 Å². The molecule has 0 atom stereocenters. The summed E-state index contributed by atoms with van der Waals surface area (Å²) >= 11 is 5.95. The number of hydrogen-bond acceptors (Lipinski definition) is 3. The van der Waals surface area contributed by atoms with Crippen LogP contribution in [0.1, 0.15) is 22.8 Å². The lowest BCUT2D eigenvalue weighted by Crippen LogP contribution is -2.25. The molecule has 0 saturated carbocycles. The molecule has 4 nitrogen and oxygen atoms in total. The number of carbonyl (C=O) groups excluding carboxylic acids is 1. The van der Waals surface area contributed by atoms with Crippen LogP contribution in [-0.4, -0.2) is 12.5 Å². The lowest BCUT2D eigenvalue weighted by molar-refractivity contribution is 0.100. The van der Waals surface area contributed by atoms with E-state index in [2.05, 4.69) is 4.90 Å². The first kappa shape index (κ1) is 15.2. The van der Waals surface area contributed by atoms with Crippen molar-refractivity contribution >= 4 is 28.9 Å². The van der Waals surface area contributed by atoms with Crippen molar-refractivity contribution in [1.29, 1.82) is 0 Å². The molecule has 4 N–H and O–H groups in total. The van der Waals surface area contributed by atoms with Gasteiger partial charge in [0.05, 0.1) is 5.56 Å². The number of rotatable bonds is 5. The van der Waals surface area contributed by atoms with Gasteiger partial charge in [-0.25, -0.2) is 0 Å². The summed E-state index contributed by atoms with van der Waals surface area (Å²) in [6, 6.07) is 12.8. The number of halogens is 1. The predicted molar refractivity (Wildman–Crippen MR) is 87.5 cm³/mol. The maximum Gasteiger partial charge on any atom is 0.250 e. The summed E-state index contributed by atoms with van der Waals surface area (Å²) in [5, 5.41) is 0.493. The van der Waals surface area contributed by atoms with Crippen LogP contribution in [0.25, 0.3) is 0 Å². The zero-order chi connectivity index (χ0) is 15.4. The molecule has 0 aliphatic rings. The largest absolute Gasteiger partial charge is 0.399 e. The third-order valence-electron chi connectivity index (χ3n) is 3.27. The standard InChI is InChI=1S/C16H18ClN3O/c1-2-20(10-11-4-3-5-13(18)8-11)15-7-6-12(17)9-14(15)16(19)21/h3-9H,2,10,18H2,1H3,(H2,19,21). The summed E-state index contributed by atoms with van der Waals surface area (Å²) in [5.74, 6) is -0.487. The molecular formula is C16H18ClN3O. The van der Waals surface area contributed by atoms with Gasteiger partial charge in [0.2, 0.25) is 0 Å². The third kappa shape index (κ3) is 3.67. The molecule has 0 spiro atoms. The quantitative estimate of drug-likeness (QED) is 0.834. The zero-order valence-electron chi connectivity index (χ0n) is 11.8. The van der Waals surface area contributed by atoms with Gasteiger partial charge in [0, 0.05) is 29.5 Å². The normalized spacial score (nSPS) is 10.4. The number of anilines is 2. The molecule has 1 amide bonds. The van der Waals surface area contributed by atoms with Gasteiger partial charge in [0.25, 0.3) is 5.91 Å². The van der Waals surface area contributed by atoms with Gasteiger partial charge in [0.1, 0.15) is 0 Å². The van der Waals surface area contributed by atoms with Gasteiger partial charge in [-0.15, -0.1) is 0 Å². The van der Waals surface area contributed by atoms with E-state index in [1.165, 1.54) is 0 Å². The van der Waals surface area contributed by atoms with Gasteiger partial charge in [-0.3, -0.25) is 4.79 Å². The molecular weight excluding hydrogens is 286 g/mol. The van der Waals surface area contributed by atoms with Crippen LogP contribution in [0.5, 0.6) is 0 Å². The van der Waals surface area contributed by atoms with Gasteiger partial charge < -0.3 is 16.4 Å². The molecule has 0 fully saturated rings. The van der Waals surface area contributed by atoms with E-state index in [0.717, 1.165) is 23.5 Å². The Morgan fingerprint density at radius 2 is 2.00 bits per heavy atom. The highest BCUT2D eigenvalue weighted by atomic mass is 35.5. The Balaban J connectivity index is 2.35. The Morgan fingerprint density at radius 1 is 1.24 bits per heavy atom. The Kier molecular flexibility index (Phi) is 4.70. The summed E-state index contributed by atoms with van der Waals surface area (Å²) < 4.78 is 0. The number of nitrogens with zero attached hydrogens (tertiary/aromatic N) is 1. The van der Waals surface area contributed by atoms with E-state index in [0.29, 0.717) is 17.1 Å². The molecule has 110 valence electrons. The van der Waals surface area contributed by atoms with Crippen LogP contribution in [0.15, 0.2) is 42.5 Å². The van der Waals surface area contributed by atoms with Crippen LogP contribution < -0.4 is 16.4 Å². The van der Waals surface area contributed by atoms with E-state index >= 15 is 0 Å². The van der Waals surface area contributed by atoms with E-state index in [9.17, 15) is 4.79 Å². The molecule has 0 radical (unpaired) electrons. The monoisotopic (exact) mass is 303 g/mol. The van der Waals surface area contributed by atoms with Crippen LogP contribution in [0.2, 0.25) is 5.02 Å². The van der Waals surface area contributed by atoms with Crippen molar-refractivity contribution in [1.82, 2.24) is 0 Å². The highest BCUT2D eigenvalue weighted by Crippen LogP contribution is 2.25. The second-order valence-corrected chi connectivity index (χ2v) is 5.22. The summed E-state index contributed by atoms with van der Waals surface area (Å²) in [5.41, 5.74) is 14.2. The smallest absolute Gasteiger partial charge is 0.250 e. The number of benzene rings is 2. The average molecular weight is 304 g/mol. The number of nitrogen functional groups attached to an aromatic ring is 1. The van der Waals surface area contributed by atoms with Crippen LogP contribution in [-0.2, 0) is 6.54 Å². The molecule has 2 rings (SSSR count). The average Bonchev–Trinajstić information content (AvgIpc) is 2.45. The van der Waals surface area contributed by atoms with E-state index in [1.807, 2.05) is 37.3 Å². The SMILES string of the molecule is CCN(Cc1cccc(N)c1)c1ccc(Cl)cc1C(N)=O. The molecule has 0 heterocycles. The third-order valence-corrected chi connectivity index (χ3v) is 3.51. The van der Waals surface area contributed by atoms with E-state index in [1.54, 1.807) is 12.1 Å². The van der Waals surface area contributed by atoms with Crippen molar-refractivity contribution in [3.05, 3.63) is 58.6 Å². The first-order chi connectivity index (χ1) is 10.0. The number of carbonyl (C=O) groups is 1. The van der Waals surface area contributed by atoms with E-state index < -0.39 is 5.91 Å². The molecule has 21 heavy (non-hydrogen) atoms. The first-order valence-electron chi connectivity index (χ1n) is 6.70. The molecule has 0 aliphatic heterocycles. The second kappa shape index (κ2) is 6.50. The van der Waals surface area contributed by atoms with Crippen molar-refractivity contribution in [2.45, 2.75) is 13.5 Å². The molecule has 5 heteroatoms. The summed E-state index contributed by atoms with van der Waals surface area (Å²) in [6.45, 7) is 3.39. The first-order valence-corrected chi connectivity index (χ1v) is 7.07. The maximum absolute atomic E-state index is 11.6. The highest BCUT2D eigenvalue weighted by Gasteiger charge is 2.14. The van der Waals surface area contributed by atoms with Crippen LogP contribution in [0, 0.1) is 0 Å². The fraction of sp³-hybridized carbons (Fsp3) is 0.188. The predicted octanol–water partition coefficient (Wildman–Crippen LogP) is 3.05. The zero-order valence-corrected chi connectivity index (χ0v) is 12.6. The van der Waals surface area contributed by atoms with Crippen molar-refractivity contribution in [3.8, 4) is 0 Å². The van der Waals surface area contributed by atoms with Gasteiger partial charge in [-0.1, -0.05) is 23.7 Å². The Morgan fingerprint density at radius 3 is 2.62 bits per heavy atom. The lowest BCUT2D eigenvalue weighted by atomic mass is 10.1. The van der Waals surface area contributed by atoms with Crippen LogP contribution in [0.3, 0.4) is 0 Å². The fourth-order valence-electron chi connectivity index (χ4n) is 2.26. The Labute approximate surface area is 129 Å². The highest BCUT2D eigenvalue weighted by molar-refractivity contribution is 6.31. The molecule has 0 bridgehead atoms. The maximum atomic E-state index is 11.6. The van der Waals surface area contributed by atoms with Crippen molar-refractivity contribution in [3.63, 3.8) is 0 Å². The van der Waals surface area contributed by atoms with Crippen molar-refractivity contribution in [2.24, 2.45) is 5.73 Å². The molecule has 2 aromatic carbocycles. The molecule has 0 unspecified atom stereocenters. The molecule has 0 aliphatic carbocycles. The van der Waals surface area contributed by atoms with Crippen LogP contribution in [0.4, 0.5) is 11.4 Å². The number of hydrogen-bond donors (Lipinski definition) is 2. The van der Waals surface area contributed by atoms with E-state index in [-0.39, 0.29) is 0 Å². The van der Waals surface area contributed by atoms with E-state index in [4.69, 9.17) is 23.1 Å². The fourth-order valence-corrected chi connectivity index (χ4v) is 2.43. The van der Waals surface area contributed by atoms with Crippen molar-refractivity contribution in [2.75, 3.05) is 17.2 Å². The summed E-state index contributed by atoms with van der Waals surface area (Å²) in [6.07, 6.45) is 0. The topological polar surface area (TPSA) is 72.3 Å². The number of primary amides is 1. The molecule has 0 saturated heterocycles. The Bertz CT molecular complexity index is 658.